The number of nitrogens with zero attached hydrogens (tertiary/aromatic N) is 1. The number of H-pyrrole nitrogens is 1. The average molecular weight is 755 g/mol. The molecule has 0 aliphatic carbocycles. The first kappa shape index (κ1) is 33.9. The Balaban J connectivity index is 1.20. The fourth-order valence-corrected chi connectivity index (χ4v) is 11.9. The van der Waals surface area contributed by atoms with E-state index in [1.807, 2.05) is 32.0 Å². The van der Waals surface area contributed by atoms with Gasteiger partial charge in [0.2, 0.25) is 6.79 Å². The summed E-state index contributed by atoms with van der Waals surface area (Å²) in [5, 5.41) is 20.1. The van der Waals surface area contributed by atoms with E-state index in [0.29, 0.717) is 53.8 Å². The van der Waals surface area contributed by atoms with Crippen LogP contribution in [0.1, 0.15) is 68.9 Å². The highest BCUT2D eigenvalue weighted by atomic mass is 32.2. The Bertz CT molecular complexity index is 2290. The first-order valence-electron chi connectivity index (χ1n) is 18.4. The number of hydrogen-bond donors (Lipinski definition) is 4. The Morgan fingerprint density at radius 2 is 1.89 bits per heavy atom. The lowest BCUT2D eigenvalue weighted by Gasteiger charge is -2.57. The number of ether oxygens (including phenoxy) is 6. The monoisotopic (exact) mass is 754 g/mol. The van der Waals surface area contributed by atoms with Gasteiger partial charge in [0.25, 0.3) is 0 Å². The molecule has 14 heteroatoms. The second-order valence-electron chi connectivity index (χ2n) is 15.1. The van der Waals surface area contributed by atoms with E-state index >= 15 is 0 Å². The minimum Gasteiger partial charge on any atom is -0.504 e. The molecule has 4 bridgehead atoms. The van der Waals surface area contributed by atoms with Gasteiger partial charge in [0.15, 0.2) is 28.5 Å². The largest absolute Gasteiger partial charge is 0.504 e. The standard InChI is InChI=1S/C40H42N4O9S/c1-17-10-20-11-21-13-44-26-14-50-39(47)40(38-24(8-9-41-40)23-7-6-22(48-4)12-25(23)43-38)15-54-37(31(44)30(42-21)27(20)32(46)33(17)49-5)29-28(26)36-35(51-16-52-36)18(2)34(29)53-19(3)45/h6-7,10,12,21,26,30-31,37,41-43,46H,8-9,11,13-16H2,1-5H3/t21-,26-,30+,31?,37+,40+/m0/s1. The Labute approximate surface area is 315 Å². The fourth-order valence-electron chi connectivity index (χ4n) is 10.2. The summed E-state index contributed by atoms with van der Waals surface area (Å²) in [5.74, 6) is 2.33. The SMILES string of the molecule is COc1ccc2c3c([nH]c2c1)[C@@]1(CS[C@@H]2c4c(OC(C)=O)c(C)c5c(c4[C@H](COC1=O)N1C[C@@H]4Cc6cc(C)c(OC)c(O)c6[C@@H](N4)C21)OCO5)NCC3. The van der Waals surface area contributed by atoms with E-state index in [4.69, 9.17) is 28.4 Å². The molecule has 1 spiro atoms. The van der Waals surface area contributed by atoms with E-state index in [-0.39, 0.29) is 48.5 Å². The van der Waals surface area contributed by atoms with Crippen LogP contribution in [0.15, 0.2) is 24.3 Å². The number of methoxy groups -OCH3 is 2. The van der Waals surface area contributed by atoms with Crippen LogP contribution in [0, 0.1) is 13.8 Å². The molecule has 0 amide bonds. The maximum atomic E-state index is 14.8. The Morgan fingerprint density at radius 1 is 1.06 bits per heavy atom. The second-order valence-corrected chi connectivity index (χ2v) is 16.3. The third-order valence-electron chi connectivity index (χ3n) is 12.3. The number of aromatic nitrogens is 1. The van der Waals surface area contributed by atoms with Crippen molar-refractivity contribution in [1.29, 1.82) is 0 Å². The summed E-state index contributed by atoms with van der Waals surface area (Å²) in [5.41, 5.74) is 6.59. The number of carbonyl (C=O) groups is 2. The van der Waals surface area contributed by atoms with E-state index in [1.165, 1.54) is 6.92 Å². The van der Waals surface area contributed by atoms with Gasteiger partial charge < -0.3 is 43.8 Å². The quantitative estimate of drug-likeness (QED) is 0.171. The van der Waals surface area contributed by atoms with Crippen molar-refractivity contribution in [2.75, 3.05) is 46.5 Å². The summed E-state index contributed by atoms with van der Waals surface area (Å²) in [7, 11) is 3.22. The third kappa shape index (κ3) is 4.63. The third-order valence-corrected chi connectivity index (χ3v) is 13.8. The summed E-state index contributed by atoms with van der Waals surface area (Å²) < 4.78 is 36.2. The molecular weight excluding hydrogens is 713 g/mol. The van der Waals surface area contributed by atoms with Crippen molar-refractivity contribution in [2.24, 2.45) is 0 Å². The van der Waals surface area contributed by atoms with Gasteiger partial charge >= 0.3 is 11.9 Å². The van der Waals surface area contributed by atoms with E-state index in [2.05, 4.69) is 26.6 Å². The van der Waals surface area contributed by atoms with Gasteiger partial charge in [-0.05, 0) is 55.5 Å². The van der Waals surface area contributed by atoms with Crippen LogP contribution in [0.2, 0.25) is 0 Å². The fraction of sp³-hybridized carbons (Fsp3) is 0.450. The van der Waals surface area contributed by atoms with Crippen molar-refractivity contribution < 1.29 is 43.1 Å². The van der Waals surface area contributed by atoms with Gasteiger partial charge in [0.1, 0.15) is 18.1 Å². The number of aromatic amines is 1. The lowest BCUT2D eigenvalue weighted by atomic mass is 9.74. The number of esters is 2. The Morgan fingerprint density at radius 3 is 2.69 bits per heavy atom. The van der Waals surface area contributed by atoms with Crippen LogP contribution >= 0.6 is 11.8 Å². The van der Waals surface area contributed by atoms with E-state index < -0.39 is 17.6 Å². The predicted octanol–water partition coefficient (Wildman–Crippen LogP) is 4.53. The van der Waals surface area contributed by atoms with E-state index in [1.54, 1.807) is 26.0 Å². The van der Waals surface area contributed by atoms with Crippen LogP contribution in [0.25, 0.3) is 10.9 Å². The first-order chi connectivity index (χ1) is 26.1. The maximum Gasteiger partial charge on any atom is 0.333 e. The molecule has 8 heterocycles. The van der Waals surface area contributed by atoms with Gasteiger partial charge in [-0.3, -0.25) is 15.0 Å². The summed E-state index contributed by atoms with van der Waals surface area (Å²) in [6, 6.07) is 7.03. The Hall–Kier alpha value is -4.63. The number of thioether (sulfide) groups is 1. The number of fused-ring (bicyclic) bond motifs is 11. The summed E-state index contributed by atoms with van der Waals surface area (Å²) in [6.07, 6.45) is 1.44. The summed E-state index contributed by atoms with van der Waals surface area (Å²) in [6.45, 7) is 6.51. The molecule has 6 atom stereocenters. The van der Waals surface area contributed by atoms with Crippen molar-refractivity contribution in [2.45, 2.75) is 68.6 Å². The minimum atomic E-state index is -1.21. The molecule has 0 radical (unpaired) electrons. The van der Waals surface area contributed by atoms with Gasteiger partial charge in [0.05, 0.1) is 37.2 Å². The lowest BCUT2D eigenvalue weighted by molar-refractivity contribution is -0.155. The number of aryl methyl sites for hydroxylation is 1. The number of rotatable bonds is 3. The highest BCUT2D eigenvalue weighted by molar-refractivity contribution is 7.99. The Kier molecular flexibility index (Phi) is 7.65. The highest BCUT2D eigenvalue weighted by Gasteiger charge is 2.58. The number of aromatic hydroxyl groups is 1. The van der Waals surface area contributed by atoms with Crippen LogP contribution in [-0.2, 0) is 32.7 Å². The molecule has 54 heavy (non-hydrogen) atoms. The first-order valence-corrected chi connectivity index (χ1v) is 19.5. The zero-order chi connectivity index (χ0) is 37.2. The van der Waals surface area contributed by atoms with Crippen molar-refractivity contribution in [3.63, 3.8) is 0 Å². The van der Waals surface area contributed by atoms with Crippen LogP contribution in [0.4, 0.5) is 0 Å². The van der Waals surface area contributed by atoms with E-state index in [0.717, 1.165) is 62.1 Å². The van der Waals surface area contributed by atoms with Crippen molar-refractivity contribution in [3.8, 4) is 34.5 Å². The molecule has 2 fully saturated rings. The zero-order valence-corrected chi connectivity index (χ0v) is 31.5. The number of phenolic OH excluding ortho intramolecular Hbond substituents is 1. The number of benzene rings is 3. The molecule has 282 valence electrons. The van der Waals surface area contributed by atoms with Gasteiger partial charge in [-0.2, -0.15) is 0 Å². The highest BCUT2D eigenvalue weighted by Crippen LogP contribution is 2.62. The van der Waals surface area contributed by atoms with Gasteiger partial charge in [0, 0.05) is 77.1 Å². The molecule has 4 aromatic rings. The van der Waals surface area contributed by atoms with E-state index in [9.17, 15) is 14.7 Å². The topological polar surface area (TPSA) is 153 Å². The molecule has 7 aliphatic rings. The minimum absolute atomic E-state index is 0.0143. The maximum absolute atomic E-state index is 14.8. The molecule has 1 unspecified atom stereocenters. The van der Waals surface area contributed by atoms with Crippen LogP contribution in [0.5, 0.6) is 34.5 Å². The smallest absolute Gasteiger partial charge is 0.333 e. The van der Waals surface area contributed by atoms with Gasteiger partial charge in [-0.15, -0.1) is 11.8 Å². The summed E-state index contributed by atoms with van der Waals surface area (Å²) >= 11 is 1.62. The molecule has 0 saturated carbocycles. The lowest BCUT2D eigenvalue weighted by Crippen LogP contribution is -2.65. The summed E-state index contributed by atoms with van der Waals surface area (Å²) in [4.78, 5) is 33.7. The average Bonchev–Trinajstić information content (AvgIpc) is 3.80. The molecular formula is C40H42N4O9S. The van der Waals surface area contributed by atoms with Crippen LogP contribution in [0.3, 0.4) is 0 Å². The van der Waals surface area contributed by atoms with Crippen molar-refractivity contribution in [3.05, 3.63) is 68.9 Å². The molecule has 11 rings (SSSR count). The number of carbonyl (C=O) groups excluding carboxylic acids is 2. The number of nitrogens with one attached hydrogen (secondary N) is 3. The van der Waals surface area contributed by atoms with Gasteiger partial charge in [-0.1, -0.05) is 6.07 Å². The van der Waals surface area contributed by atoms with Crippen molar-refractivity contribution in [1.82, 2.24) is 20.5 Å². The molecule has 4 N–H and O–H groups in total. The zero-order valence-electron chi connectivity index (χ0n) is 30.7. The predicted molar refractivity (Wildman–Crippen MR) is 199 cm³/mol. The number of piperazine rings is 1. The molecule has 2 saturated heterocycles. The molecule has 1 aromatic heterocycles. The molecule has 13 nitrogen and oxygen atoms in total. The number of hydrogen-bond acceptors (Lipinski definition) is 13. The number of phenols is 1. The van der Waals surface area contributed by atoms with Crippen LogP contribution < -0.4 is 34.3 Å². The van der Waals surface area contributed by atoms with Crippen molar-refractivity contribution >= 4 is 34.6 Å². The normalized spacial score (nSPS) is 27.8. The van der Waals surface area contributed by atoms with Gasteiger partial charge in [-0.25, -0.2) is 4.79 Å². The molecule has 7 aliphatic heterocycles. The molecule has 3 aromatic carbocycles. The van der Waals surface area contributed by atoms with Crippen LogP contribution in [-0.4, -0.2) is 85.5 Å². The second kappa shape index (κ2) is 12.2.